The van der Waals surface area contributed by atoms with E-state index in [-0.39, 0.29) is 24.3 Å². The maximum absolute atomic E-state index is 12.5. The number of piperidine rings is 1. The van der Waals surface area contributed by atoms with E-state index in [1.54, 1.807) is 18.2 Å². The van der Waals surface area contributed by atoms with Crippen LogP contribution < -0.4 is 10.6 Å². The second-order valence-corrected chi connectivity index (χ2v) is 7.45. The van der Waals surface area contributed by atoms with Crippen molar-refractivity contribution < 1.29 is 9.59 Å². The quantitative estimate of drug-likeness (QED) is 0.779. The van der Waals surface area contributed by atoms with Crippen LogP contribution in [0.5, 0.6) is 0 Å². The predicted octanol–water partition coefficient (Wildman–Crippen LogP) is 4.28. The van der Waals surface area contributed by atoms with Gasteiger partial charge in [-0.3, -0.25) is 14.5 Å². The summed E-state index contributed by atoms with van der Waals surface area (Å²) in [5.41, 5.74) is 1.28. The Morgan fingerprint density at radius 3 is 2.63 bits per heavy atom. The van der Waals surface area contributed by atoms with Crippen LogP contribution in [0.2, 0.25) is 10.0 Å². The van der Waals surface area contributed by atoms with Crippen LogP contribution in [0.25, 0.3) is 0 Å². The molecule has 1 unspecified atom stereocenters. The van der Waals surface area contributed by atoms with Crippen molar-refractivity contribution >= 4 is 46.4 Å². The van der Waals surface area contributed by atoms with E-state index in [1.165, 1.54) is 0 Å². The Kier molecular flexibility index (Phi) is 6.72. The number of amides is 2. The van der Waals surface area contributed by atoms with E-state index in [9.17, 15) is 9.59 Å². The van der Waals surface area contributed by atoms with Gasteiger partial charge in [-0.05, 0) is 49.7 Å². The van der Waals surface area contributed by atoms with E-state index < -0.39 is 0 Å². The Morgan fingerprint density at radius 2 is 1.85 bits per heavy atom. The van der Waals surface area contributed by atoms with E-state index in [2.05, 4.69) is 10.6 Å². The SMILES string of the molecule is O=C(CN1CCCC(C(=O)Nc2ccccc2)C1)Nc1cc(Cl)ccc1Cl. The number of benzene rings is 2. The molecule has 5 nitrogen and oxygen atoms in total. The molecule has 0 aromatic heterocycles. The Hall–Kier alpha value is -2.08. The molecule has 2 N–H and O–H groups in total. The van der Waals surface area contributed by atoms with Gasteiger partial charge in [0, 0.05) is 17.3 Å². The summed E-state index contributed by atoms with van der Waals surface area (Å²) in [6, 6.07) is 14.3. The number of hydrogen-bond donors (Lipinski definition) is 2. The summed E-state index contributed by atoms with van der Waals surface area (Å²) >= 11 is 12.0. The Bertz CT molecular complexity index is 814. The molecule has 0 bridgehead atoms. The number of halogens is 2. The molecular weight excluding hydrogens is 385 g/mol. The van der Waals surface area contributed by atoms with Crippen LogP contribution in [0.15, 0.2) is 48.5 Å². The van der Waals surface area contributed by atoms with E-state index in [1.807, 2.05) is 35.2 Å². The molecule has 1 heterocycles. The number of para-hydroxylation sites is 1. The number of nitrogens with zero attached hydrogens (tertiary/aromatic N) is 1. The Labute approximate surface area is 168 Å². The highest BCUT2D eigenvalue weighted by molar-refractivity contribution is 6.35. The number of likely N-dealkylation sites (tertiary alicyclic amines) is 1. The topological polar surface area (TPSA) is 61.4 Å². The molecule has 0 aliphatic carbocycles. The highest BCUT2D eigenvalue weighted by Crippen LogP contribution is 2.25. The van der Waals surface area contributed by atoms with Gasteiger partial charge in [0.05, 0.1) is 23.2 Å². The minimum absolute atomic E-state index is 0.0100. The van der Waals surface area contributed by atoms with Crippen molar-refractivity contribution in [3.8, 4) is 0 Å². The van der Waals surface area contributed by atoms with Gasteiger partial charge in [0.15, 0.2) is 0 Å². The van der Waals surface area contributed by atoms with E-state index in [0.717, 1.165) is 25.1 Å². The van der Waals surface area contributed by atoms with Gasteiger partial charge >= 0.3 is 0 Å². The van der Waals surface area contributed by atoms with Crippen molar-refractivity contribution in [1.82, 2.24) is 4.90 Å². The zero-order valence-electron chi connectivity index (χ0n) is 14.8. The minimum atomic E-state index is -0.178. The van der Waals surface area contributed by atoms with Crippen LogP contribution in [0.4, 0.5) is 11.4 Å². The lowest BCUT2D eigenvalue weighted by molar-refractivity contribution is -0.123. The summed E-state index contributed by atoms with van der Waals surface area (Å²) in [6.07, 6.45) is 1.69. The number of rotatable bonds is 5. The molecular formula is C20H21Cl2N3O2. The molecule has 0 spiro atoms. The summed E-state index contributed by atoms with van der Waals surface area (Å²) in [4.78, 5) is 26.9. The zero-order valence-corrected chi connectivity index (χ0v) is 16.3. The molecule has 27 heavy (non-hydrogen) atoms. The smallest absolute Gasteiger partial charge is 0.238 e. The molecule has 0 radical (unpaired) electrons. The van der Waals surface area contributed by atoms with Crippen molar-refractivity contribution in [3.63, 3.8) is 0 Å². The first kappa shape index (κ1) is 19.7. The van der Waals surface area contributed by atoms with E-state index >= 15 is 0 Å². The van der Waals surface area contributed by atoms with Gasteiger partial charge in [-0.1, -0.05) is 41.4 Å². The summed E-state index contributed by atoms with van der Waals surface area (Å²) in [7, 11) is 0. The largest absolute Gasteiger partial charge is 0.326 e. The van der Waals surface area contributed by atoms with Gasteiger partial charge < -0.3 is 10.6 Å². The van der Waals surface area contributed by atoms with Gasteiger partial charge in [-0.2, -0.15) is 0 Å². The highest BCUT2D eigenvalue weighted by Gasteiger charge is 2.27. The molecule has 142 valence electrons. The van der Waals surface area contributed by atoms with Gasteiger partial charge in [0.25, 0.3) is 0 Å². The summed E-state index contributed by atoms with van der Waals surface area (Å²) in [5.74, 6) is -0.325. The second kappa shape index (κ2) is 9.22. The molecule has 1 saturated heterocycles. The molecule has 0 saturated carbocycles. The summed E-state index contributed by atoms with van der Waals surface area (Å²) in [5, 5.41) is 6.67. The summed E-state index contributed by atoms with van der Waals surface area (Å²) in [6.45, 7) is 1.54. The highest BCUT2D eigenvalue weighted by atomic mass is 35.5. The van der Waals surface area contributed by atoms with Gasteiger partial charge in [0.1, 0.15) is 0 Å². The monoisotopic (exact) mass is 405 g/mol. The molecule has 1 fully saturated rings. The first-order valence-corrected chi connectivity index (χ1v) is 9.60. The van der Waals surface area contributed by atoms with Crippen LogP contribution in [-0.4, -0.2) is 36.3 Å². The fourth-order valence-corrected chi connectivity index (χ4v) is 3.50. The number of nitrogens with one attached hydrogen (secondary N) is 2. The van der Waals surface area contributed by atoms with Crippen molar-refractivity contribution in [2.75, 3.05) is 30.3 Å². The van der Waals surface area contributed by atoms with Crippen molar-refractivity contribution in [3.05, 3.63) is 58.6 Å². The van der Waals surface area contributed by atoms with Gasteiger partial charge in [0.2, 0.25) is 11.8 Å². The van der Waals surface area contributed by atoms with Crippen LogP contribution >= 0.6 is 23.2 Å². The Morgan fingerprint density at radius 1 is 1.07 bits per heavy atom. The lowest BCUT2D eigenvalue weighted by atomic mass is 9.97. The molecule has 2 aromatic rings. The average molecular weight is 406 g/mol. The third-order valence-corrected chi connectivity index (χ3v) is 5.05. The van der Waals surface area contributed by atoms with Gasteiger partial charge in [-0.25, -0.2) is 0 Å². The molecule has 1 aliphatic heterocycles. The zero-order chi connectivity index (χ0) is 19.2. The lowest BCUT2D eigenvalue weighted by Gasteiger charge is -2.31. The molecule has 2 aromatic carbocycles. The van der Waals surface area contributed by atoms with E-state index in [4.69, 9.17) is 23.2 Å². The molecule has 1 aliphatic rings. The van der Waals surface area contributed by atoms with E-state index in [0.29, 0.717) is 22.3 Å². The maximum Gasteiger partial charge on any atom is 0.238 e. The number of carbonyl (C=O) groups is 2. The predicted molar refractivity (Wildman–Crippen MR) is 109 cm³/mol. The number of carbonyl (C=O) groups excluding carboxylic acids is 2. The van der Waals surface area contributed by atoms with Crippen LogP contribution in [0.3, 0.4) is 0 Å². The Balaban J connectivity index is 1.54. The normalized spacial score (nSPS) is 17.3. The standard InChI is InChI=1S/C20H21Cl2N3O2/c21-15-8-9-17(22)18(11-15)24-19(26)13-25-10-4-5-14(12-25)20(27)23-16-6-2-1-3-7-16/h1-3,6-9,11,14H,4-5,10,12-13H2,(H,23,27)(H,24,26). The van der Waals surface area contributed by atoms with Gasteiger partial charge in [-0.15, -0.1) is 0 Å². The molecule has 3 rings (SSSR count). The third kappa shape index (κ3) is 5.70. The first-order valence-electron chi connectivity index (χ1n) is 8.84. The third-order valence-electron chi connectivity index (χ3n) is 4.49. The maximum atomic E-state index is 12.5. The van der Waals surface area contributed by atoms with Crippen molar-refractivity contribution in [1.29, 1.82) is 0 Å². The minimum Gasteiger partial charge on any atom is -0.326 e. The molecule has 7 heteroatoms. The summed E-state index contributed by atoms with van der Waals surface area (Å²) < 4.78 is 0. The molecule has 2 amide bonds. The van der Waals surface area contributed by atoms with Crippen molar-refractivity contribution in [2.24, 2.45) is 5.92 Å². The number of anilines is 2. The number of hydrogen-bond acceptors (Lipinski definition) is 3. The second-order valence-electron chi connectivity index (χ2n) is 6.60. The molecule has 1 atom stereocenters. The van der Waals surface area contributed by atoms with Crippen LogP contribution in [0, 0.1) is 5.92 Å². The fraction of sp³-hybridized carbons (Fsp3) is 0.300. The first-order chi connectivity index (χ1) is 13.0. The fourth-order valence-electron chi connectivity index (χ4n) is 3.17. The average Bonchev–Trinajstić information content (AvgIpc) is 2.65. The van der Waals surface area contributed by atoms with Crippen LogP contribution in [0.1, 0.15) is 12.8 Å². The van der Waals surface area contributed by atoms with Crippen molar-refractivity contribution in [2.45, 2.75) is 12.8 Å². The lowest BCUT2D eigenvalue weighted by Crippen LogP contribution is -2.44. The van der Waals surface area contributed by atoms with Crippen LogP contribution in [-0.2, 0) is 9.59 Å².